The first-order chi connectivity index (χ1) is 9.77. The zero-order valence-corrected chi connectivity index (χ0v) is 13.1. The normalized spacial score (nSPS) is 15.8. The lowest BCUT2D eigenvalue weighted by atomic mass is 10.1. The number of hydrogen-bond donors (Lipinski definition) is 3. The molecule has 0 unspecified atom stereocenters. The van der Waals surface area contributed by atoms with Crippen LogP contribution in [0, 0.1) is 0 Å². The van der Waals surface area contributed by atoms with Crippen molar-refractivity contribution in [3.63, 3.8) is 0 Å². The van der Waals surface area contributed by atoms with Crippen LogP contribution >= 0.6 is 12.4 Å². The monoisotopic (exact) mass is 312 g/mol. The molecule has 2 rings (SSSR count). The van der Waals surface area contributed by atoms with Gasteiger partial charge in [0.2, 0.25) is 0 Å². The SMILES string of the molecule is Cl.O=C(NCCNC1CCCCCC1)c1ccccc1O. The Morgan fingerprint density at radius 1 is 1.10 bits per heavy atom. The van der Waals surface area contributed by atoms with Crippen molar-refractivity contribution in [2.24, 2.45) is 0 Å². The lowest BCUT2D eigenvalue weighted by Gasteiger charge is -2.16. The van der Waals surface area contributed by atoms with Crippen molar-refractivity contribution in [2.75, 3.05) is 13.1 Å². The molecule has 0 atom stereocenters. The van der Waals surface area contributed by atoms with Gasteiger partial charge in [-0.3, -0.25) is 4.79 Å². The third-order valence-corrected chi connectivity index (χ3v) is 3.85. The summed E-state index contributed by atoms with van der Waals surface area (Å²) in [5.41, 5.74) is 0.335. The molecule has 1 aromatic rings. The lowest BCUT2D eigenvalue weighted by molar-refractivity contribution is 0.0951. The summed E-state index contributed by atoms with van der Waals surface area (Å²) in [5.74, 6) is -0.188. The molecule has 4 nitrogen and oxygen atoms in total. The van der Waals surface area contributed by atoms with Gasteiger partial charge < -0.3 is 15.7 Å². The van der Waals surface area contributed by atoms with Crippen LogP contribution < -0.4 is 10.6 Å². The van der Waals surface area contributed by atoms with Crippen LogP contribution in [0.5, 0.6) is 5.75 Å². The smallest absolute Gasteiger partial charge is 0.255 e. The quantitative estimate of drug-likeness (QED) is 0.579. The van der Waals surface area contributed by atoms with Crippen LogP contribution in [-0.4, -0.2) is 30.1 Å². The molecule has 1 aliphatic carbocycles. The van der Waals surface area contributed by atoms with E-state index in [0.29, 0.717) is 18.2 Å². The second kappa shape index (κ2) is 9.64. The van der Waals surface area contributed by atoms with E-state index < -0.39 is 0 Å². The fourth-order valence-electron chi connectivity index (χ4n) is 2.70. The van der Waals surface area contributed by atoms with E-state index in [1.165, 1.54) is 44.6 Å². The fourth-order valence-corrected chi connectivity index (χ4v) is 2.70. The molecule has 0 saturated heterocycles. The van der Waals surface area contributed by atoms with Gasteiger partial charge in [-0.1, -0.05) is 37.8 Å². The summed E-state index contributed by atoms with van der Waals surface area (Å²) in [6, 6.07) is 7.21. The summed E-state index contributed by atoms with van der Waals surface area (Å²) >= 11 is 0. The highest BCUT2D eigenvalue weighted by molar-refractivity contribution is 5.96. The third-order valence-electron chi connectivity index (χ3n) is 3.85. The first-order valence-corrected chi connectivity index (χ1v) is 7.57. The highest BCUT2D eigenvalue weighted by Gasteiger charge is 2.12. The van der Waals surface area contributed by atoms with Crippen molar-refractivity contribution >= 4 is 18.3 Å². The van der Waals surface area contributed by atoms with Crippen molar-refractivity contribution in [3.8, 4) is 5.75 Å². The Bertz CT molecular complexity index is 432. The Morgan fingerprint density at radius 2 is 1.76 bits per heavy atom. The van der Waals surface area contributed by atoms with Gasteiger partial charge in [-0.25, -0.2) is 0 Å². The molecule has 1 fully saturated rings. The first-order valence-electron chi connectivity index (χ1n) is 7.57. The number of phenolic OH excluding ortho intramolecular Hbond substituents is 1. The maximum absolute atomic E-state index is 11.9. The Kier molecular flexibility index (Phi) is 8.16. The number of carbonyl (C=O) groups excluding carboxylic acids is 1. The summed E-state index contributed by atoms with van der Waals surface area (Å²) in [5, 5.41) is 15.9. The molecule has 5 heteroatoms. The number of carbonyl (C=O) groups is 1. The number of para-hydroxylation sites is 1. The number of halogens is 1. The third kappa shape index (κ3) is 5.94. The molecule has 0 heterocycles. The number of aromatic hydroxyl groups is 1. The van der Waals surface area contributed by atoms with Gasteiger partial charge in [-0.05, 0) is 25.0 Å². The molecule has 1 aromatic carbocycles. The summed E-state index contributed by atoms with van der Waals surface area (Å²) in [6.45, 7) is 1.37. The van der Waals surface area contributed by atoms with E-state index in [1.807, 2.05) is 0 Å². The van der Waals surface area contributed by atoms with Crippen LogP contribution in [-0.2, 0) is 0 Å². The highest BCUT2D eigenvalue weighted by Crippen LogP contribution is 2.17. The van der Waals surface area contributed by atoms with Gasteiger partial charge >= 0.3 is 0 Å². The Morgan fingerprint density at radius 3 is 2.43 bits per heavy atom. The number of nitrogens with one attached hydrogen (secondary N) is 2. The molecule has 1 aliphatic rings. The van der Waals surface area contributed by atoms with Crippen LogP contribution in [0.15, 0.2) is 24.3 Å². The van der Waals surface area contributed by atoms with Crippen LogP contribution in [0.3, 0.4) is 0 Å². The molecule has 0 aliphatic heterocycles. The molecule has 0 bridgehead atoms. The molecule has 21 heavy (non-hydrogen) atoms. The average molecular weight is 313 g/mol. The van der Waals surface area contributed by atoms with Crippen LogP contribution in [0.1, 0.15) is 48.9 Å². The minimum atomic E-state index is -0.217. The predicted molar refractivity (Wildman–Crippen MR) is 87.2 cm³/mol. The Hall–Kier alpha value is -1.26. The maximum Gasteiger partial charge on any atom is 0.255 e. The second-order valence-electron chi connectivity index (χ2n) is 5.42. The van der Waals surface area contributed by atoms with Gasteiger partial charge in [0.05, 0.1) is 5.56 Å². The zero-order valence-electron chi connectivity index (χ0n) is 12.3. The Balaban J connectivity index is 0.00000220. The van der Waals surface area contributed by atoms with Crippen molar-refractivity contribution in [1.82, 2.24) is 10.6 Å². The van der Waals surface area contributed by atoms with E-state index in [4.69, 9.17) is 0 Å². The van der Waals surface area contributed by atoms with E-state index >= 15 is 0 Å². The predicted octanol–water partition coefficient (Wildman–Crippen LogP) is 2.86. The van der Waals surface area contributed by atoms with E-state index in [0.717, 1.165) is 6.54 Å². The van der Waals surface area contributed by atoms with Gasteiger partial charge in [0, 0.05) is 19.1 Å². The van der Waals surface area contributed by atoms with Crippen molar-refractivity contribution in [3.05, 3.63) is 29.8 Å². The molecular formula is C16H25ClN2O2. The number of phenols is 1. The lowest BCUT2D eigenvalue weighted by Crippen LogP contribution is -2.36. The Labute approximate surface area is 132 Å². The number of amides is 1. The van der Waals surface area contributed by atoms with E-state index in [-0.39, 0.29) is 24.1 Å². The van der Waals surface area contributed by atoms with Gasteiger partial charge in [0.25, 0.3) is 5.91 Å². The van der Waals surface area contributed by atoms with Gasteiger partial charge in [0.15, 0.2) is 0 Å². The molecule has 1 saturated carbocycles. The number of hydrogen-bond acceptors (Lipinski definition) is 3. The molecule has 1 amide bonds. The van der Waals surface area contributed by atoms with Crippen molar-refractivity contribution < 1.29 is 9.90 Å². The standard InChI is InChI=1S/C16H24N2O2.ClH/c19-15-10-6-5-9-14(15)16(20)18-12-11-17-13-7-3-1-2-4-8-13;/h5-6,9-10,13,17,19H,1-4,7-8,11-12H2,(H,18,20);1H. The minimum absolute atomic E-state index is 0. The van der Waals surface area contributed by atoms with Crippen LogP contribution in [0.2, 0.25) is 0 Å². The molecule has 3 N–H and O–H groups in total. The average Bonchev–Trinajstić information content (AvgIpc) is 2.72. The van der Waals surface area contributed by atoms with Gasteiger partial charge in [0.1, 0.15) is 5.75 Å². The number of benzene rings is 1. The van der Waals surface area contributed by atoms with Gasteiger partial charge in [-0.2, -0.15) is 0 Å². The second-order valence-corrected chi connectivity index (χ2v) is 5.42. The summed E-state index contributed by atoms with van der Waals surface area (Å²) in [7, 11) is 0. The molecule has 118 valence electrons. The first kappa shape index (κ1) is 17.8. The topological polar surface area (TPSA) is 61.4 Å². The minimum Gasteiger partial charge on any atom is -0.507 e. The summed E-state index contributed by atoms with van der Waals surface area (Å²) < 4.78 is 0. The van der Waals surface area contributed by atoms with Crippen molar-refractivity contribution in [1.29, 1.82) is 0 Å². The van der Waals surface area contributed by atoms with E-state index in [9.17, 15) is 9.90 Å². The van der Waals surface area contributed by atoms with Gasteiger partial charge in [-0.15, -0.1) is 12.4 Å². The summed E-state index contributed by atoms with van der Waals surface area (Å²) in [4.78, 5) is 11.9. The van der Waals surface area contributed by atoms with Crippen molar-refractivity contribution in [2.45, 2.75) is 44.6 Å². The molecule has 0 aromatic heterocycles. The summed E-state index contributed by atoms with van der Waals surface area (Å²) in [6.07, 6.45) is 7.80. The highest BCUT2D eigenvalue weighted by atomic mass is 35.5. The fraction of sp³-hybridized carbons (Fsp3) is 0.562. The maximum atomic E-state index is 11.9. The molecular weight excluding hydrogens is 288 g/mol. The van der Waals surface area contributed by atoms with E-state index in [1.54, 1.807) is 18.2 Å². The number of rotatable bonds is 5. The molecule has 0 spiro atoms. The largest absolute Gasteiger partial charge is 0.507 e. The molecule has 0 radical (unpaired) electrons. The zero-order chi connectivity index (χ0) is 14.2. The van der Waals surface area contributed by atoms with Crippen LogP contribution in [0.25, 0.3) is 0 Å². The van der Waals surface area contributed by atoms with Crippen LogP contribution in [0.4, 0.5) is 0 Å². The van der Waals surface area contributed by atoms with E-state index in [2.05, 4.69) is 10.6 Å².